The molecule has 0 spiro atoms. The monoisotopic (exact) mass is 174 g/mol. The Labute approximate surface area is 72.6 Å². The molecule has 0 saturated carbocycles. The molecule has 1 aliphatic rings. The average molecular weight is 174 g/mol. The Morgan fingerprint density at radius 3 is 2.08 bits per heavy atom. The normalized spacial score (nSPS) is 11.3. The number of carbonyl (C=O) groups excluding carboxylic acids is 1. The van der Waals surface area contributed by atoms with Crippen molar-refractivity contribution in [2.75, 3.05) is 26.9 Å². The standard InChI is InChI=1S/C5H10O2.C2H4O.CO/c1-5(6)3-4-7-2;1-2-3-1;1-2/h3-4H2,1-2H3;1-2H2;. The van der Waals surface area contributed by atoms with E-state index in [1.165, 1.54) is 0 Å². The molecule has 0 radical (unpaired) electrons. The molecular formula is C8H14O4. The first-order chi connectivity index (χ1) is 5.77. The summed E-state index contributed by atoms with van der Waals surface area (Å²) in [6.45, 7) is 8.61. The Kier molecular flexibility index (Phi) is 15.0. The van der Waals surface area contributed by atoms with Crippen LogP contribution >= 0.6 is 0 Å². The predicted octanol–water partition coefficient (Wildman–Crippen LogP) is 0.591. The Bertz CT molecular complexity index is 115. The molecule has 0 bridgehead atoms. The van der Waals surface area contributed by atoms with Gasteiger partial charge in [-0.2, -0.15) is 0 Å². The molecule has 0 aromatic carbocycles. The van der Waals surface area contributed by atoms with E-state index in [1.807, 2.05) is 0 Å². The van der Waals surface area contributed by atoms with Gasteiger partial charge in [-0.25, -0.2) is 0 Å². The van der Waals surface area contributed by atoms with Crippen molar-refractivity contribution in [1.82, 2.24) is 0 Å². The van der Waals surface area contributed by atoms with Gasteiger partial charge < -0.3 is 9.47 Å². The summed E-state index contributed by atoms with van der Waals surface area (Å²) in [4.78, 5) is 10.1. The van der Waals surface area contributed by atoms with Crippen molar-refractivity contribution < 1.29 is 18.9 Å². The Hall–Kier alpha value is -0.670. The zero-order chi connectivity index (χ0) is 9.82. The molecule has 4 nitrogen and oxygen atoms in total. The average Bonchev–Trinajstić information content (AvgIpc) is 2.90. The van der Waals surface area contributed by atoms with Gasteiger partial charge in [0, 0.05) is 13.5 Å². The van der Waals surface area contributed by atoms with Gasteiger partial charge in [0.15, 0.2) is 0 Å². The fourth-order valence-corrected chi connectivity index (χ4v) is 0.246. The third-order valence-corrected chi connectivity index (χ3v) is 0.862. The van der Waals surface area contributed by atoms with Crippen molar-refractivity contribution in [1.29, 1.82) is 0 Å². The van der Waals surface area contributed by atoms with E-state index in [9.17, 15) is 4.79 Å². The first-order valence-corrected chi connectivity index (χ1v) is 3.54. The quantitative estimate of drug-likeness (QED) is 0.357. The van der Waals surface area contributed by atoms with Gasteiger partial charge in [-0.3, -0.25) is 4.79 Å². The van der Waals surface area contributed by atoms with Crippen LogP contribution in [-0.4, -0.2) is 32.7 Å². The summed E-state index contributed by atoms with van der Waals surface area (Å²) in [7, 11) is 1.59. The van der Waals surface area contributed by atoms with E-state index < -0.39 is 0 Å². The molecule has 1 heterocycles. The summed E-state index contributed by atoms with van der Waals surface area (Å²) in [5.41, 5.74) is 0. The number of ether oxygens (including phenoxy) is 2. The van der Waals surface area contributed by atoms with Crippen LogP contribution in [0.4, 0.5) is 0 Å². The van der Waals surface area contributed by atoms with Gasteiger partial charge in [-0.1, -0.05) is 0 Å². The number of ketones is 1. The van der Waals surface area contributed by atoms with Gasteiger partial charge >= 0.3 is 11.3 Å². The molecule has 0 unspecified atom stereocenters. The van der Waals surface area contributed by atoms with Crippen molar-refractivity contribution in [3.05, 3.63) is 6.65 Å². The Balaban J connectivity index is 0. The molecule has 0 aromatic heterocycles. The number of hydrogen-bond acceptors (Lipinski definition) is 3. The topological polar surface area (TPSA) is 58.7 Å². The molecule has 0 aliphatic carbocycles. The number of methoxy groups -OCH3 is 1. The maximum atomic E-state index is 10.1. The predicted molar refractivity (Wildman–Crippen MR) is 41.9 cm³/mol. The minimum absolute atomic E-state index is 0.182. The van der Waals surface area contributed by atoms with Crippen LogP contribution in [0, 0.1) is 6.65 Å². The first-order valence-electron chi connectivity index (χ1n) is 3.54. The van der Waals surface area contributed by atoms with Crippen molar-refractivity contribution in [3.63, 3.8) is 0 Å². The summed E-state index contributed by atoms with van der Waals surface area (Å²) in [6.07, 6.45) is 0.538. The molecule has 0 N–H and O–H groups in total. The van der Waals surface area contributed by atoms with E-state index in [2.05, 4.69) is 16.1 Å². The van der Waals surface area contributed by atoms with E-state index in [-0.39, 0.29) is 5.78 Å². The van der Waals surface area contributed by atoms with Gasteiger partial charge in [-0.05, 0) is 6.92 Å². The second-order valence-corrected chi connectivity index (χ2v) is 2.06. The van der Waals surface area contributed by atoms with E-state index in [0.717, 1.165) is 13.2 Å². The van der Waals surface area contributed by atoms with Crippen molar-refractivity contribution in [2.24, 2.45) is 0 Å². The zero-order valence-electron chi connectivity index (χ0n) is 7.46. The first kappa shape index (κ1) is 13.9. The van der Waals surface area contributed by atoms with Gasteiger partial charge in [0.25, 0.3) is 0 Å². The summed E-state index contributed by atoms with van der Waals surface area (Å²) in [6, 6.07) is 0. The van der Waals surface area contributed by atoms with Crippen LogP contribution in [0.1, 0.15) is 13.3 Å². The van der Waals surface area contributed by atoms with Crippen LogP contribution < -0.4 is 0 Å². The number of hydrogen-bond donors (Lipinski definition) is 0. The molecule has 12 heavy (non-hydrogen) atoms. The SMILES string of the molecule is C1CO1.COCCC(C)=O.[C-]#[O+]. The fraction of sp³-hybridized carbons (Fsp3) is 0.750. The van der Waals surface area contributed by atoms with Gasteiger partial charge in [0.1, 0.15) is 5.78 Å². The molecule has 1 aliphatic heterocycles. The second kappa shape index (κ2) is 13.0. The van der Waals surface area contributed by atoms with Gasteiger partial charge in [0.2, 0.25) is 0 Å². The molecule has 0 amide bonds. The molecule has 1 rings (SSSR count). The number of Topliss-reactive ketones (excluding diaryl/α,β-unsaturated/α-hetero) is 1. The van der Waals surface area contributed by atoms with Crippen molar-refractivity contribution >= 4 is 5.78 Å². The molecule has 0 aromatic rings. The molecular weight excluding hydrogens is 160 g/mol. The summed E-state index contributed by atoms with van der Waals surface area (Å²) in [5, 5.41) is 0. The number of carbonyl (C=O) groups is 1. The minimum atomic E-state index is 0.182. The van der Waals surface area contributed by atoms with Crippen LogP contribution in [0.25, 0.3) is 0 Å². The Morgan fingerprint density at radius 2 is 2.00 bits per heavy atom. The summed E-state index contributed by atoms with van der Waals surface area (Å²) < 4.78 is 16.6. The zero-order valence-corrected chi connectivity index (χ0v) is 7.46. The summed E-state index contributed by atoms with van der Waals surface area (Å²) in [5.74, 6) is 0.182. The number of epoxide rings is 1. The van der Waals surface area contributed by atoms with E-state index in [4.69, 9.17) is 4.65 Å². The molecule has 0 atom stereocenters. The Morgan fingerprint density at radius 1 is 1.58 bits per heavy atom. The van der Waals surface area contributed by atoms with Crippen LogP contribution in [-0.2, 0) is 18.9 Å². The van der Waals surface area contributed by atoms with E-state index >= 15 is 0 Å². The van der Waals surface area contributed by atoms with Crippen molar-refractivity contribution in [2.45, 2.75) is 13.3 Å². The third-order valence-electron chi connectivity index (χ3n) is 0.862. The fourth-order valence-electron chi connectivity index (χ4n) is 0.246. The molecule has 1 saturated heterocycles. The molecule has 4 heteroatoms. The van der Waals surface area contributed by atoms with Gasteiger partial charge in [-0.15, -0.1) is 0 Å². The maximum absolute atomic E-state index is 10.1. The van der Waals surface area contributed by atoms with Crippen LogP contribution in [0.5, 0.6) is 0 Å². The van der Waals surface area contributed by atoms with E-state index in [0.29, 0.717) is 13.0 Å². The van der Waals surface area contributed by atoms with Crippen LogP contribution in [0.3, 0.4) is 0 Å². The summed E-state index contributed by atoms with van der Waals surface area (Å²) >= 11 is 0. The van der Waals surface area contributed by atoms with Crippen LogP contribution in [0.15, 0.2) is 0 Å². The molecule has 70 valence electrons. The van der Waals surface area contributed by atoms with Crippen molar-refractivity contribution in [3.8, 4) is 0 Å². The molecule has 1 fully saturated rings. The van der Waals surface area contributed by atoms with E-state index in [1.54, 1.807) is 14.0 Å². The third kappa shape index (κ3) is 34.5. The number of rotatable bonds is 3. The second-order valence-electron chi connectivity index (χ2n) is 2.06. The van der Waals surface area contributed by atoms with Gasteiger partial charge in [0.05, 0.1) is 19.8 Å². The van der Waals surface area contributed by atoms with Crippen LogP contribution in [0.2, 0.25) is 0 Å².